The van der Waals surface area contributed by atoms with Gasteiger partial charge in [-0.05, 0) is 25.5 Å². The first-order valence-electron chi connectivity index (χ1n) is 10.8. The molecule has 30 heavy (non-hydrogen) atoms. The molecule has 160 valence electrons. The molecule has 1 aliphatic heterocycles. The molecule has 1 aromatic carbocycles. The van der Waals surface area contributed by atoms with Crippen LogP contribution in [0.15, 0.2) is 41.9 Å². The summed E-state index contributed by atoms with van der Waals surface area (Å²) in [4.78, 5) is 22.9. The molecule has 1 saturated heterocycles. The predicted octanol–water partition coefficient (Wildman–Crippen LogP) is 3.97. The number of hydrogen-bond donors (Lipinski definition) is 1. The highest BCUT2D eigenvalue weighted by atomic mass is 32.1. The molecule has 1 amide bonds. The van der Waals surface area contributed by atoms with E-state index in [1.807, 2.05) is 58.3 Å². The molecule has 0 bridgehead atoms. The number of benzene rings is 1. The van der Waals surface area contributed by atoms with Crippen LogP contribution >= 0.6 is 11.3 Å². The summed E-state index contributed by atoms with van der Waals surface area (Å²) in [5, 5.41) is 12.6. The molecule has 1 atom stereocenters. The number of thiazole rings is 1. The molecular formula is C23H30N4O2S. The summed E-state index contributed by atoms with van der Waals surface area (Å²) in [6.45, 7) is 2.66. The number of rotatable bonds is 6. The number of aliphatic hydroxyl groups is 1. The van der Waals surface area contributed by atoms with Crippen LogP contribution in [-0.4, -0.2) is 56.9 Å². The number of fused-ring (bicyclic) bond motifs is 1. The van der Waals surface area contributed by atoms with Crippen molar-refractivity contribution in [3.63, 3.8) is 0 Å². The first-order chi connectivity index (χ1) is 14.6. The minimum absolute atomic E-state index is 0.0415. The third kappa shape index (κ3) is 4.74. The molecule has 3 heterocycles. The fourth-order valence-corrected chi connectivity index (χ4v) is 4.88. The van der Waals surface area contributed by atoms with E-state index in [-0.39, 0.29) is 5.91 Å². The van der Waals surface area contributed by atoms with Crippen molar-refractivity contribution in [2.45, 2.75) is 44.8 Å². The molecule has 4 rings (SSSR count). The fraction of sp³-hybridized carbons (Fsp3) is 0.478. The number of nitrogens with zero attached hydrogens (tertiary/aromatic N) is 4. The van der Waals surface area contributed by atoms with E-state index in [1.54, 1.807) is 11.3 Å². The normalized spacial score (nSPS) is 16.6. The topological polar surface area (TPSA) is 61.1 Å². The smallest absolute Gasteiger partial charge is 0.274 e. The number of hydrogen-bond acceptors (Lipinski definition) is 5. The SMILES string of the molecule is CN(Cc1c(C(=O)N2CCCCCCC2)nc2sccn12)CC(O)c1ccccc1. The van der Waals surface area contributed by atoms with Gasteiger partial charge in [-0.2, -0.15) is 0 Å². The zero-order valence-electron chi connectivity index (χ0n) is 17.5. The monoisotopic (exact) mass is 426 g/mol. The van der Waals surface area contributed by atoms with Crippen LogP contribution in [0, 0.1) is 0 Å². The molecule has 0 spiro atoms. The van der Waals surface area contributed by atoms with Gasteiger partial charge in [0.05, 0.1) is 11.8 Å². The van der Waals surface area contributed by atoms with Crippen molar-refractivity contribution >= 4 is 22.2 Å². The van der Waals surface area contributed by atoms with E-state index < -0.39 is 6.10 Å². The number of aromatic nitrogens is 2. The second-order valence-corrected chi connectivity index (χ2v) is 9.02. The number of imidazole rings is 1. The Morgan fingerprint density at radius 3 is 2.60 bits per heavy atom. The second-order valence-electron chi connectivity index (χ2n) is 8.15. The number of likely N-dealkylation sites (tertiary alicyclic amines) is 1. The Bertz CT molecular complexity index is 960. The van der Waals surface area contributed by atoms with Crippen molar-refractivity contribution in [3.05, 3.63) is 58.9 Å². The Morgan fingerprint density at radius 1 is 1.17 bits per heavy atom. The Morgan fingerprint density at radius 2 is 1.87 bits per heavy atom. The molecule has 0 radical (unpaired) electrons. The van der Waals surface area contributed by atoms with Crippen LogP contribution < -0.4 is 0 Å². The van der Waals surface area contributed by atoms with E-state index >= 15 is 0 Å². The molecule has 1 fully saturated rings. The van der Waals surface area contributed by atoms with Gasteiger partial charge >= 0.3 is 0 Å². The van der Waals surface area contributed by atoms with Crippen LogP contribution in [0.5, 0.6) is 0 Å². The van der Waals surface area contributed by atoms with Crippen LogP contribution in [0.4, 0.5) is 0 Å². The van der Waals surface area contributed by atoms with E-state index in [0.717, 1.165) is 42.1 Å². The average molecular weight is 427 g/mol. The summed E-state index contributed by atoms with van der Waals surface area (Å²) in [7, 11) is 1.97. The maximum Gasteiger partial charge on any atom is 0.274 e. The Hall–Kier alpha value is -2.22. The largest absolute Gasteiger partial charge is 0.387 e. The van der Waals surface area contributed by atoms with Crippen molar-refractivity contribution in [2.24, 2.45) is 0 Å². The molecule has 6 nitrogen and oxygen atoms in total. The molecule has 1 N–H and O–H groups in total. The van der Waals surface area contributed by atoms with Crippen molar-refractivity contribution in [2.75, 3.05) is 26.7 Å². The minimum atomic E-state index is -0.574. The van der Waals surface area contributed by atoms with Crippen molar-refractivity contribution in [1.29, 1.82) is 0 Å². The minimum Gasteiger partial charge on any atom is -0.387 e. The zero-order valence-corrected chi connectivity index (χ0v) is 18.4. The lowest BCUT2D eigenvalue weighted by Crippen LogP contribution is -2.35. The summed E-state index contributed by atoms with van der Waals surface area (Å²) in [6.07, 6.45) is 7.18. The summed E-state index contributed by atoms with van der Waals surface area (Å²) in [5.41, 5.74) is 2.36. The van der Waals surface area contributed by atoms with E-state index in [1.165, 1.54) is 19.3 Å². The zero-order chi connectivity index (χ0) is 20.9. The molecule has 2 aromatic heterocycles. The lowest BCUT2D eigenvalue weighted by molar-refractivity contribution is 0.0734. The Kier molecular flexibility index (Phi) is 6.82. The Labute approximate surface area is 181 Å². The quantitative estimate of drug-likeness (QED) is 0.648. The predicted molar refractivity (Wildman–Crippen MR) is 120 cm³/mol. The van der Waals surface area contributed by atoms with Gasteiger partial charge in [-0.1, -0.05) is 49.6 Å². The van der Waals surface area contributed by atoms with Crippen LogP contribution in [-0.2, 0) is 6.54 Å². The van der Waals surface area contributed by atoms with E-state index in [4.69, 9.17) is 4.98 Å². The molecule has 0 saturated carbocycles. The highest BCUT2D eigenvalue weighted by Crippen LogP contribution is 2.23. The van der Waals surface area contributed by atoms with Crippen molar-refractivity contribution in [3.8, 4) is 0 Å². The van der Waals surface area contributed by atoms with Crippen LogP contribution in [0.25, 0.3) is 4.96 Å². The third-order valence-corrected chi connectivity index (χ3v) is 6.55. The highest BCUT2D eigenvalue weighted by molar-refractivity contribution is 7.15. The lowest BCUT2D eigenvalue weighted by atomic mass is 10.1. The van der Waals surface area contributed by atoms with Gasteiger partial charge in [-0.25, -0.2) is 4.98 Å². The van der Waals surface area contributed by atoms with Gasteiger partial charge in [0, 0.05) is 37.8 Å². The number of amides is 1. The first kappa shape index (κ1) is 21.0. The third-order valence-electron chi connectivity index (χ3n) is 5.80. The molecule has 0 aliphatic carbocycles. The van der Waals surface area contributed by atoms with Gasteiger partial charge < -0.3 is 10.0 Å². The standard InChI is InChI=1S/C23H30N4O2S/c1-25(17-20(28)18-10-6-5-7-11-18)16-19-21(24-23-27(19)14-15-30-23)22(29)26-12-8-3-2-4-9-13-26/h5-7,10-11,14-15,20,28H,2-4,8-9,12-13,16-17H2,1H3. The summed E-state index contributed by atoms with van der Waals surface area (Å²) in [6, 6.07) is 9.69. The van der Waals surface area contributed by atoms with Crippen molar-refractivity contribution in [1.82, 2.24) is 19.2 Å². The van der Waals surface area contributed by atoms with E-state index in [9.17, 15) is 9.90 Å². The first-order valence-corrected chi connectivity index (χ1v) is 11.7. The molecule has 1 aliphatic rings. The van der Waals surface area contributed by atoms with E-state index in [0.29, 0.717) is 18.8 Å². The molecule has 3 aromatic rings. The van der Waals surface area contributed by atoms with Crippen LogP contribution in [0.1, 0.15) is 60.0 Å². The maximum absolute atomic E-state index is 13.4. The summed E-state index contributed by atoms with van der Waals surface area (Å²) < 4.78 is 2.02. The lowest BCUT2D eigenvalue weighted by Gasteiger charge is -2.25. The van der Waals surface area contributed by atoms with Gasteiger partial charge in [0.25, 0.3) is 5.91 Å². The number of likely N-dealkylation sites (N-methyl/N-ethyl adjacent to an activating group) is 1. The van der Waals surface area contributed by atoms with Crippen LogP contribution in [0.3, 0.4) is 0 Å². The maximum atomic E-state index is 13.4. The Balaban J connectivity index is 1.52. The second kappa shape index (κ2) is 9.73. The van der Waals surface area contributed by atoms with Gasteiger partial charge in [0.1, 0.15) is 0 Å². The molecule has 1 unspecified atom stereocenters. The fourth-order valence-electron chi connectivity index (χ4n) is 4.15. The van der Waals surface area contributed by atoms with Gasteiger partial charge in [-0.3, -0.25) is 14.1 Å². The van der Waals surface area contributed by atoms with Gasteiger partial charge in [-0.15, -0.1) is 11.3 Å². The number of aliphatic hydroxyl groups excluding tert-OH is 1. The van der Waals surface area contributed by atoms with Crippen LogP contribution in [0.2, 0.25) is 0 Å². The number of carbonyl (C=O) groups excluding carboxylic acids is 1. The molecule has 7 heteroatoms. The average Bonchev–Trinajstić information content (AvgIpc) is 3.30. The van der Waals surface area contributed by atoms with Gasteiger partial charge in [0.2, 0.25) is 0 Å². The molecular weight excluding hydrogens is 396 g/mol. The summed E-state index contributed by atoms with van der Waals surface area (Å²) >= 11 is 1.54. The number of carbonyl (C=O) groups is 1. The van der Waals surface area contributed by atoms with E-state index in [2.05, 4.69) is 4.90 Å². The summed E-state index contributed by atoms with van der Waals surface area (Å²) in [5.74, 6) is 0.0415. The van der Waals surface area contributed by atoms with Crippen molar-refractivity contribution < 1.29 is 9.90 Å². The highest BCUT2D eigenvalue weighted by Gasteiger charge is 2.26. The van der Waals surface area contributed by atoms with Gasteiger partial charge in [0.15, 0.2) is 10.7 Å².